The molecular weight excluding hydrogens is 385 g/mol. The number of amides is 1. The average molecular weight is 399 g/mol. The molecule has 1 aromatic rings. The van der Waals surface area contributed by atoms with Gasteiger partial charge in [0, 0.05) is 21.7 Å². The van der Waals surface area contributed by atoms with Crippen molar-refractivity contribution in [1.29, 1.82) is 0 Å². The number of halogens is 3. The fraction of sp³-hybridized carbons (Fsp3) is 0.462. The van der Waals surface area contributed by atoms with E-state index in [-0.39, 0.29) is 15.5 Å². The Balaban J connectivity index is 2.21. The monoisotopic (exact) mass is 397 g/mol. The topological polar surface area (TPSA) is 63.2 Å². The number of hydrogen-bond acceptors (Lipinski definition) is 3. The zero-order chi connectivity index (χ0) is 16.0. The van der Waals surface area contributed by atoms with Crippen LogP contribution < -0.4 is 5.32 Å². The lowest BCUT2D eigenvalue weighted by molar-refractivity contribution is 0.0949. The molecule has 0 spiro atoms. The van der Waals surface area contributed by atoms with Crippen LogP contribution in [0.2, 0.25) is 0 Å². The Hall–Kier alpha value is -0.660. The second-order valence-electron chi connectivity index (χ2n) is 5.80. The third-order valence-electron chi connectivity index (χ3n) is 3.76. The van der Waals surface area contributed by atoms with E-state index in [1.54, 1.807) is 0 Å². The maximum atomic E-state index is 13.6. The van der Waals surface area contributed by atoms with Gasteiger partial charge in [0.2, 0.25) is 0 Å². The molecule has 0 bridgehead atoms. The number of nitrogens with one attached hydrogen (secondary N) is 1. The van der Waals surface area contributed by atoms with Crippen LogP contribution in [-0.4, -0.2) is 20.9 Å². The smallest absolute Gasteiger partial charge is 0.264 e. The van der Waals surface area contributed by atoms with Crippen molar-refractivity contribution in [2.75, 3.05) is 6.54 Å². The van der Waals surface area contributed by atoms with Crippen molar-refractivity contribution in [3.63, 3.8) is 0 Å². The van der Waals surface area contributed by atoms with Gasteiger partial charge in [-0.05, 0) is 45.8 Å². The van der Waals surface area contributed by atoms with Crippen LogP contribution in [0.5, 0.6) is 0 Å². The van der Waals surface area contributed by atoms with Gasteiger partial charge in [0.25, 0.3) is 15.0 Å². The first kappa shape index (κ1) is 16.7. The van der Waals surface area contributed by atoms with E-state index in [9.17, 15) is 17.6 Å². The summed E-state index contributed by atoms with van der Waals surface area (Å²) in [5, 5.41) is 2.73. The summed E-state index contributed by atoms with van der Waals surface area (Å²) in [4.78, 5) is 11.4. The molecular formula is C13H14BrClFNO3S. The molecule has 0 radical (unpaired) electrons. The minimum Gasteiger partial charge on any atom is -0.352 e. The van der Waals surface area contributed by atoms with Crippen molar-refractivity contribution in [3.8, 4) is 0 Å². The van der Waals surface area contributed by atoms with E-state index < -0.39 is 25.7 Å². The van der Waals surface area contributed by atoms with Gasteiger partial charge in [-0.2, -0.15) is 0 Å². The lowest BCUT2D eigenvalue weighted by Crippen LogP contribution is -2.27. The molecule has 0 heterocycles. The fourth-order valence-electron chi connectivity index (χ4n) is 2.13. The van der Waals surface area contributed by atoms with Crippen LogP contribution in [0.3, 0.4) is 0 Å². The van der Waals surface area contributed by atoms with Crippen LogP contribution in [0, 0.1) is 17.2 Å². The van der Waals surface area contributed by atoms with Gasteiger partial charge in [-0.3, -0.25) is 4.79 Å². The van der Waals surface area contributed by atoms with Gasteiger partial charge < -0.3 is 5.32 Å². The molecule has 21 heavy (non-hydrogen) atoms. The van der Waals surface area contributed by atoms with Gasteiger partial charge in [0.1, 0.15) is 10.7 Å². The molecule has 1 saturated carbocycles. The second kappa shape index (κ2) is 5.52. The molecule has 8 heteroatoms. The number of benzene rings is 1. The van der Waals surface area contributed by atoms with E-state index in [1.165, 1.54) is 0 Å². The maximum Gasteiger partial charge on any atom is 0.264 e. The summed E-state index contributed by atoms with van der Waals surface area (Å²) >= 11 is 3.05. The summed E-state index contributed by atoms with van der Waals surface area (Å²) in [6, 6.07) is 1.86. The summed E-state index contributed by atoms with van der Waals surface area (Å²) in [6.45, 7) is 4.71. The largest absolute Gasteiger partial charge is 0.352 e. The molecule has 0 aromatic heterocycles. The molecule has 0 saturated heterocycles. The lowest BCUT2D eigenvalue weighted by atomic mass is 10.1. The highest BCUT2D eigenvalue weighted by molar-refractivity contribution is 9.10. The molecule has 2 rings (SSSR count). The number of carbonyl (C=O) groups excluding carboxylic acids is 1. The molecule has 1 atom stereocenters. The Labute approximate surface area is 135 Å². The van der Waals surface area contributed by atoms with Crippen molar-refractivity contribution >= 4 is 41.6 Å². The van der Waals surface area contributed by atoms with Crippen molar-refractivity contribution in [2.24, 2.45) is 11.3 Å². The number of rotatable bonds is 4. The normalized spacial score (nSPS) is 20.1. The van der Waals surface area contributed by atoms with E-state index in [1.807, 2.05) is 0 Å². The molecule has 1 N–H and O–H groups in total. The molecule has 1 aliphatic rings. The first-order valence-electron chi connectivity index (χ1n) is 6.24. The highest BCUT2D eigenvalue weighted by Gasteiger charge is 2.45. The summed E-state index contributed by atoms with van der Waals surface area (Å²) in [5.74, 6) is -1.07. The van der Waals surface area contributed by atoms with Crippen LogP contribution >= 0.6 is 26.6 Å². The van der Waals surface area contributed by atoms with Crippen LogP contribution in [-0.2, 0) is 9.05 Å². The van der Waals surface area contributed by atoms with Gasteiger partial charge in [-0.25, -0.2) is 12.8 Å². The van der Waals surface area contributed by atoms with Crippen molar-refractivity contribution in [2.45, 2.75) is 25.2 Å². The Morgan fingerprint density at radius 2 is 2.10 bits per heavy atom. The van der Waals surface area contributed by atoms with E-state index in [4.69, 9.17) is 10.7 Å². The Morgan fingerprint density at radius 3 is 2.57 bits per heavy atom. The molecule has 0 aliphatic heterocycles. The minimum absolute atomic E-state index is 0.0362. The SMILES string of the molecule is CC1(C)CC1CNC(=O)c1cc(S(=O)(=O)Cl)c(F)cc1Br. The second-order valence-corrected chi connectivity index (χ2v) is 9.19. The highest BCUT2D eigenvalue weighted by atomic mass is 79.9. The molecule has 1 unspecified atom stereocenters. The molecule has 4 nitrogen and oxygen atoms in total. The van der Waals surface area contributed by atoms with Gasteiger partial charge in [-0.1, -0.05) is 13.8 Å². The Bertz CT molecular complexity index is 706. The third kappa shape index (κ3) is 3.76. The van der Waals surface area contributed by atoms with Gasteiger partial charge in [0.15, 0.2) is 0 Å². The molecule has 1 aromatic carbocycles. The van der Waals surface area contributed by atoms with E-state index in [2.05, 4.69) is 35.1 Å². The summed E-state index contributed by atoms with van der Waals surface area (Å²) in [6.07, 6.45) is 1.03. The minimum atomic E-state index is -4.25. The summed E-state index contributed by atoms with van der Waals surface area (Å²) in [5.41, 5.74) is 0.256. The third-order valence-corrected chi connectivity index (χ3v) is 5.75. The lowest BCUT2D eigenvalue weighted by Gasteiger charge is -2.09. The van der Waals surface area contributed by atoms with Gasteiger partial charge in [-0.15, -0.1) is 0 Å². The number of hydrogen-bond donors (Lipinski definition) is 1. The van der Waals surface area contributed by atoms with Crippen molar-refractivity contribution < 1.29 is 17.6 Å². The maximum absolute atomic E-state index is 13.6. The van der Waals surface area contributed by atoms with Gasteiger partial charge in [0.05, 0.1) is 5.56 Å². The van der Waals surface area contributed by atoms with Crippen LogP contribution in [0.4, 0.5) is 4.39 Å². The van der Waals surface area contributed by atoms with Crippen molar-refractivity contribution in [1.82, 2.24) is 5.32 Å². The van der Waals surface area contributed by atoms with Gasteiger partial charge >= 0.3 is 0 Å². The molecule has 1 amide bonds. The van der Waals surface area contributed by atoms with E-state index >= 15 is 0 Å². The van der Waals surface area contributed by atoms with Crippen LogP contribution in [0.25, 0.3) is 0 Å². The van der Waals surface area contributed by atoms with E-state index in [0.717, 1.165) is 18.6 Å². The number of carbonyl (C=O) groups is 1. The predicted octanol–water partition coefficient (Wildman–Crippen LogP) is 3.29. The quantitative estimate of drug-likeness (QED) is 0.792. The zero-order valence-corrected chi connectivity index (χ0v) is 14.6. The zero-order valence-electron chi connectivity index (χ0n) is 11.4. The van der Waals surface area contributed by atoms with E-state index in [0.29, 0.717) is 12.5 Å². The Morgan fingerprint density at radius 1 is 1.52 bits per heavy atom. The predicted molar refractivity (Wildman–Crippen MR) is 81.4 cm³/mol. The highest BCUT2D eigenvalue weighted by Crippen LogP contribution is 2.51. The standard InChI is InChI=1S/C13H14BrClFNO3S/c1-13(2)5-7(13)6-17-12(18)8-3-11(21(15,19)20)10(16)4-9(8)14/h3-4,7H,5-6H2,1-2H3,(H,17,18). The molecule has 1 aliphatic carbocycles. The van der Waals surface area contributed by atoms with Crippen molar-refractivity contribution in [3.05, 3.63) is 28.0 Å². The van der Waals surface area contributed by atoms with Crippen LogP contribution in [0.1, 0.15) is 30.6 Å². The average Bonchev–Trinajstić information content (AvgIpc) is 2.92. The first-order chi connectivity index (χ1) is 9.52. The molecule has 116 valence electrons. The summed E-state index contributed by atoms with van der Waals surface area (Å²) in [7, 11) is 0.906. The molecule has 1 fully saturated rings. The first-order valence-corrected chi connectivity index (χ1v) is 9.34. The fourth-order valence-corrected chi connectivity index (χ4v) is 3.53. The Kier molecular flexibility index (Phi) is 4.39. The summed E-state index contributed by atoms with van der Waals surface area (Å²) < 4.78 is 36.3. The van der Waals surface area contributed by atoms with Crippen LogP contribution in [0.15, 0.2) is 21.5 Å².